The van der Waals surface area contributed by atoms with E-state index in [0.29, 0.717) is 40.3 Å². The molecule has 0 spiro atoms. The van der Waals surface area contributed by atoms with Gasteiger partial charge in [-0.3, -0.25) is 4.98 Å². The van der Waals surface area contributed by atoms with Gasteiger partial charge in [-0.2, -0.15) is 0 Å². The minimum Gasteiger partial charge on any atom is -0.495 e. The van der Waals surface area contributed by atoms with Gasteiger partial charge in [0.25, 0.3) is 0 Å². The summed E-state index contributed by atoms with van der Waals surface area (Å²) < 4.78 is 26.9. The number of nitrogens with one attached hydrogen (secondary N) is 2. The number of ether oxygens (including phenoxy) is 2. The van der Waals surface area contributed by atoms with Crippen LogP contribution in [0.2, 0.25) is 0 Å². The fraction of sp³-hybridized carbons (Fsp3) is 0.267. The molecular weight excluding hydrogens is 541 g/mol. The van der Waals surface area contributed by atoms with Crippen LogP contribution in [0.15, 0.2) is 61.2 Å². The summed E-state index contributed by atoms with van der Waals surface area (Å²) in [4.78, 5) is 21.0. The zero-order valence-electron chi connectivity index (χ0n) is 23.0. The van der Waals surface area contributed by atoms with Gasteiger partial charge in [0.2, 0.25) is 0 Å². The fourth-order valence-electron chi connectivity index (χ4n) is 4.83. The summed E-state index contributed by atoms with van der Waals surface area (Å²) in [6.45, 7) is 4.07. The summed E-state index contributed by atoms with van der Waals surface area (Å²) in [7, 11) is 3.78. The van der Waals surface area contributed by atoms with Crippen molar-refractivity contribution < 1.29 is 13.9 Å². The van der Waals surface area contributed by atoms with Gasteiger partial charge >= 0.3 is 0 Å². The van der Waals surface area contributed by atoms with Crippen LogP contribution in [0.1, 0.15) is 17.7 Å². The largest absolute Gasteiger partial charge is 0.495 e. The highest BCUT2D eigenvalue weighted by Gasteiger charge is 2.19. The number of methoxy groups -OCH3 is 1. The van der Waals surface area contributed by atoms with E-state index in [9.17, 15) is 0 Å². The third-order valence-corrected chi connectivity index (χ3v) is 7.97. The smallest absolute Gasteiger partial charge is 0.150 e. The number of halogens is 1. The maximum Gasteiger partial charge on any atom is 0.150 e. The zero-order valence-corrected chi connectivity index (χ0v) is 23.8. The summed E-state index contributed by atoms with van der Waals surface area (Å²) in [5.74, 6) is 1.63. The Labute approximate surface area is 241 Å². The first-order valence-electron chi connectivity index (χ1n) is 13.4. The van der Waals surface area contributed by atoms with Crippen molar-refractivity contribution in [3.8, 4) is 28.0 Å². The van der Waals surface area contributed by atoms with Crippen LogP contribution in [-0.4, -0.2) is 58.1 Å². The lowest BCUT2D eigenvalue weighted by molar-refractivity contribution is 0.263. The molecule has 1 fully saturated rings. The molecule has 9 nitrogen and oxygen atoms in total. The van der Waals surface area contributed by atoms with E-state index >= 15 is 4.39 Å². The van der Waals surface area contributed by atoms with Crippen molar-refractivity contribution in [1.82, 2.24) is 24.8 Å². The number of fused-ring (bicyclic) bond motifs is 1. The van der Waals surface area contributed by atoms with Crippen molar-refractivity contribution >= 4 is 39.4 Å². The molecule has 0 bridgehead atoms. The second kappa shape index (κ2) is 11.6. The quantitative estimate of drug-likeness (QED) is 0.212. The van der Waals surface area contributed by atoms with Crippen molar-refractivity contribution in [2.75, 3.05) is 37.9 Å². The van der Waals surface area contributed by atoms with E-state index in [-0.39, 0.29) is 5.69 Å². The van der Waals surface area contributed by atoms with E-state index in [1.807, 2.05) is 19.1 Å². The second-order valence-electron chi connectivity index (χ2n) is 10.0. The molecule has 0 amide bonds. The van der Waals surface area contributed by atoms with Crippen LogP contribution in [0.25, 0.3) is 21.6 Å². The van der Waals surface area contributed by atoms with Gasteiger partial charge in [0.1, 0.15) is 45.9 Å². The number of pyridine rings is 1. The van der Waals surface area contributed by atoms with Gasteiger partial charge in [-0.15, -0.1) is 11.3 Å². The van der Waals surface area contributed by atoms with Gasteiger partial charge in [0.05, 0.1) is 24.0 Å². The first-order valence-corrected chi connectivity index (χ1v) is 14.2. The summed E-state index contributed by atoms with van der Waals surface area (Å²) in [5, 5.41) is 8.33. The van der Waals surface area contributed by atoms with Gasteiger partial charge in [0, 0.05) is 46.9 Å². The van der Waals surface area contributed by atoms with Gasteiger partial charge in [0.15, 0.2) is 0 Å². The monoisotopic (exact) mass is 571 g/mol. The highest BCUT2D eigenvalue weighted by molar-refractivity contribution is 7.14. The molecule has 0 atom stereocenters. The predicted octanol–water partition coefficient (Wildman–Crippen LogP) is 6.65. The van der Waals surface area contributed by atoms with Crippen molar-refractivity contribution in [1.29, 1.82) is 0 Å². The van der Waals surface area contributed by atoms with E-state index in [0.717, 1.165) is 46.9 Å². The third kappa shape index (κ3) is 6.06. The second-order valence-corrected chi connectivity index (χ2v) is 11.3. The lowest BCUT2D eigenvalue weighted by atomic mass is 10.0. The van der Waals surface area contributed by atoms with Crippen LogP contribution in [-0.2, 0) is 0 Å². The Balaban J connectivity index is 1.22. The van der Waals surface area contributed by atoms with Gasteiger partial charge in [-0.25, -0.2) is 19.3 Å². The van der Waals surface area contributed by atoms with Gasteiger partial charge in [-0.1, -0.05) is 0 Å². The SMILES string of the molecule is COc1cc2ncnc(Nc3ccc(Oc4ccnc(-c5ncc(C)s5)c4)cc3F)c2cc1NC1CCN(C)CC1. The Hall–Kier alpha value is -4.35. The van der Waals surface area contributed by atoms with Crippen molar-refractivity contribution in [3.05, 3.63) is 71.9 Å². The molecule has 0 unspecified atom stereocenters. The van der Waals surface area contributed by atoms with Crippen LogP contribution < -0.4 is 20.1 Å². The zero-order chi connectivity index (χ0) is 28.3. The van der Waals surface area contributed by atoms with Crippen molar-refractivity contribution in [2.45, 2.75) is 25.8 Å². The molecule has 0 saturated carbocycles. The van der Waals surface area contributed by atoms with Crippen LogP contribution in [0.5, 0.6) is 17.2 Å². The molecule has 210 valence electrons. The number of aryl methyl sites for hydroxylation is 1. The molecule has 0 aliphatic carbocycles. The summed E-state index contributed by atoms with van der Waals surface area (Å²) in [6.07, 6.45) is 6.99. The molecule has 4 heterocycles. The minimum absolute atomic E-state index is 0.270. The first-order chi connectivity index (χ1) is 19.9. The van der Waals surface area contributed by atoms with Crippen molar-refractivity contribution in [3.63, 3.8) is 0 Å². The van der Waals surface area contributed by atoms with E-state index in [2.05, 4.69) is 42.5 Å². The molecule has 11 heteroatoms. The average molecular weight is 572 g/mol. The minimum atomic E-state index is -0.475. The molecule has 1 saturated heterocycles. The molecule has 2 N–H and O–H groups in total. The van der Waals surface area contributed by atoms with E-state index in [1.54, 1.807) is 55.1 Å². The molecule has 0 radical (unpaired) electrons. The number of nitrogens with zero attached hydrogens (tertiary/aromatic N) is 5. The third-order valence-electron chi connectivity index (χ3n) is 7.04. The molecule has 6 rings (SSSR count). The Morgan fingerprint density at radius 3 is 2.56 bits per heavy atom. The summed E-state index contributed by atoms with van der Waals surface area (Å²) in [5.41, 5.74) is 2.53. The predicted molar refractivity (Wildman–Crippen MR) is 160 cm³/mol. The van der Waals surface area contributed by atoms with E-state index in [1.165, 1.54) is 12.4 Å². The fourth-order valence-corrected chi connectivity index (χ4v) is 5.56. The molecule has 5 aromatic rings. The number of thiazole rings is 1. The molecule has 41 heavy (non-hydrogen) atoms. The molecule has 3 aromatic heterocycles. The topological polar surface area (TPSA) is 97.3 Å². The number of piperidine rings is 1. The number of rotatable bonds is 8. The Bertz CT molecular complexity index is 1690. The maximum atomic E-state index is 15.3. The molecule has 2 aromatic carbocycles. The van der Waals surface area contributed by atoms with Gasteiger partial charge in [-0.05, 0) is 64.2 Å². The van der Waals surface area contributed by atoms with Crippen LogP contribution >= 0.6 is 11.3 Å². The lowest BCUT2D eigenvalue weighted by Crippen LogP contribution is -2.36. The molecule has 1 aliphatic heterocycles. The number of benzene rings is 2. The summed E-state index contributed by atoms with van der Waals surface area (Å²) >= 11 is 1.55. The Morgan fingerprint density at radius 2 is 1.80 bits per heavy atom. The molecular formula is C30H30FN7O2S. The first kappa shape index (κ1) is 26.9. The Kier molecular flexibility index (Phi) is 7.62. The Morgan fingerprint density at radius 1 is 0.976 bits per heavy atom. The lowest BCUT2D eigenvalue weighted by Gasteiger charge is -2.30. The van der Waals surface area contributed by atoms with E-state index in [4.69, 9.17) is 9.47 Å². The van der Waals surface area contributed by atoms with Crippen LogP contribution in [0, 0.1) is 12.7 Å². The number of hydrogen-bond acceptors (Lipinski definition) is 10. The number of aromatic nitrogens is 4. The van der Waals surface area contributed by atoms with Crippen molar-refractivity contribution in [2.24, 2.45) is 0 Å². The van der Waals surface area contributed by atoms with Crippen LogP contribution in [0.3, 0.4) is 0 Å². The molecule has 1 aliphatic rings. The maximum absolute atomic E-state index is 15.3. The van der Waals surface area contributed by atoms with Crippen LogP contribution in [0.4, 0.5) is 21.6 Å². The number of anilines is 3. The van der Waals surface area contributed by atoms with E-state index < -0.39 is 5.82 Å². The number of hydrogen-bond donors (Lipinski definition) is 2. The average Bonchev–Trinajstić information content (AvgIpc) is 3.42. The number of likely N-dealkylation sites (tertiary alicyclic amines) is 1. The highest BCUT2D eigenvalue weighted by Crippen LogP contribution is 2.35. The summed E-state index contributed by atoms with van der Waals surface area (Å²) in [6, 6.07) is 12.4. The standard InChI is InChI=1S/C30H30FN7O2S/c1-18-16-33-30(41-18)27-13-21(6-9-32-27)40-20-4-5-24(23(31)12-20)37-29-22-14-26(36-19-7-10-38(2)11-8-19)28(39-3)15-25(22)34-17-35-29/h4-6,9,12-17,19,36H,7-8,10-11H2,1-3H3,(H,34,35,37). The van der Waals surface area contributed by atoms with Gasteiger partial charge < -0.3 is 25.0 Å². The normalized spacial score (nSPS) is 14.2. The highest BCUT2D eigenvalue weighted by atomic mass is 32.1.